The lowest BCUT2D eigenvalue weighted by Gasteiger charge is -2.11. The van der Waals surface area contributed by atoms with Crippen LogP contribution >= 0.6 is 22.6 Å². The fourth-order valence-electron chi connectivity index (χ4n) is 2.25. The van der Waals surface area contributed by atoms with Gasteiger partial charge in [-0.25, -0.2) is 0 Å². The molecular weight excluding hydrogens is 427 g/mol. The van der Waals surface area contributed by atoms with Gasteiger partial charge in [-0.2, -0.15) is 4.98 Å². The third-order valence-electron chi connectivity index (χ3n) is 3.49. The van der Waals surface area contributed by atoms with E-state index in [0.717, 1.165) is 20.4 Å². The number of aromatic nitrogens is 2. The molecule has 0 N–H and O–H groups in total. The fraction of sp³-hybridized carbons (Fsp3) is 0.200. The minimum atomic E-state index is 0.142. The van der Waals surface area contributed by atoms with E-state index in [9.17, 15) is 0 Å². The number of nitrogens with zero attached hydrogens (tertiary/aromatic N) is 2. The van der Waals surface area contributed by atoms with Crippen LogP contribution in [0.25, 0.3) is 23.5 Å². The highest BCUT2D eigenvalue weighted by Crippen LogP contribution is 2.27. The van der Waals surface area contributed by atoms with Gasteiger partial charge >= 0.3 is 0 Å². The summed E-state index contributed by atoms with van der Waals surface area (Å²) in [5.74, 6) is 1.91. The summed E-state index contributed by atoms with van der Waals surface area (Å²) in [6.07, 6.45) is 3.92. The molecule has 0 saturated heterocycles. The van der Waals surface area contributed by atoms with E-state index < -0.39 is 0 Å². The summed E-state index contributed by atoms with van der Waals surface area (Å²) in [6, 6.07) is 14.1. The van der Waals surface area contributed by atoms with Crippen molar-refractivity contribution in [3.05, 3.63) is 63.1 Å². The van der Waals surface area contributed by atoms with Gasteiger partial charge < -0.3 is 9.26 Å². The first kappa shape index (κ1) is 17.7. The molecule has 128 valence electrons. The highest BCUT2D eigenvalue weighted by Gasteiger charge is 2.10. The monoisotopic (exact) mass is 446 g/mol. The van der Waals surface area contributed by atoms with Crippen molar-refractivity contribution in [1.82, 2.24) is 10.1 Å². The Hall–Kier alpha value is -2.15. The molecule has 0 atom stereocenters. The summed E-state index contributed by atoms with van der Waals surface area (Å²) < 4.78 is 12.1. The predicted octanol–water partition coefficient (Wildman–Crippen LogP) is 5.61. The number of rotatable bonds is 5. The largest absolute Gasteiger partial charge is 0.490 e. The molecule has 0 aliphatic rings. The average molecular weight is 446 g/mol. The summed E-state index contributed by atoms with van der Waals surface area (Å²) in [7, 11) is 0. The van der Waals surface area contributed by atoms with Crippen LogP contribution in [0.4, 0.5) is 0 Å². The van der Waals surface area contributed by atoms with Crippen LogP contribution in [-0.4, -0.2) is 16.2 Å². The minimum absolute atomic E-state index is 0.142. The molecule has 0 spiro atoms. The van der Waals surface area contributed by atoms with Crippen molar-refractivity contribution >= 4 is 34.7 Å². The van der Waals surface area contributed by atoms with Crippen molar-refractivity contribution in [3.63, 3.8) is 0 Å². The Morgan fingerprint density at radius 1 is 1.08 bits per heavy atom. The van der Waals surface area contributed by atoms with Crippen LogP contribution in [0.2, 0.25) is 0 Å². The zero-order valence-electron chi connectivity index (χ0n) is 14.4. The Kier molecular flexibility index (Phi) is 5.53. The van der Waals surface area contributed by atoms with E-state index in [1.54, 1.807) is 0 Å². The van der Waals surface area contributed by atoms with Gasteiger partial charge in [-0.05, 0) is 73.2 Å². The Morgan fingerprint density at radius 3 is 2.52 bits per heavy atom. The molecule has 0 fully saturated rings. The first-order chi connectivity index (χ1) is 12.0. The van der Waals surface area contributed by atoms with Crippen LogP contribution in [0.5, 0.6) is 5.75 Å². The molecule has 0 aliphatic carbocycles. The van der Waals surface area contributed by atoms with Gasteiger partial charge in [0.25, 0.3) is 5.89 Å². The maximum atomic E-state index is 5.75. The topological polar surface area (TPSA) is 48.2 Å². The van der Waals surface area contributed by atoms with Crippen molar-refractivity contribution in [1.29, 1.82) is 0 Å². The normalized spacial score (nSPS) is 11.4. The van der Waals surface area contributed by atoms with Gasteiger partial charge in [-0.3, -0.25) is 0 Å². The Morgan fingerprint density at radius 2 is 1.84 bits per heavy atom. The molecule has 1 aromatic heterocycles. The Labute approximate surface area is 161 Å². The third kappa shape index (κ3) is 4.69. The van der Waals surface area contributed by atoms with Crippen LogP contribution in [0.1, 0.15) is 30.9 Å². The lowest BCUT2D eigenvalue weighted by Crippen LogP contribution is -2.06. The van der Waals surface area contributed by atoms with E-state index in [4.69, 9.17) is 9.26 Å². The SMILES string of the molecule is Cc1ccc(/C=C/c2nc(-c3ccc(OC(C)C)c(I)c3)no2)cc1. The molecule has 2 aromatic carbocycles. The summed E-state index contributed by atoms with van der Waals surface area (Å²) in [5.41, 5.74) is 3.23. The van der Waals surface area contributed by atoms with Crippen LogP contribution in [-0.2, 0) is 0 Å². The van der Waals surface area contributed by atoms with Gasteiger partial charge in [0.05, 0.1) is 9.67 Å². The highest BCUT2D eigenvalue weighted by atomic mass is 127. The van der Waals surface area contributed by atoms with Gasteiger partial charge in [0.2, 0.25) is 5.82 Å². The van der Waals surface area contributed by atoms with Gasteiger partial charge in [-0.15, -0.1) is 0 Å². The molecular formula is C20H19IN2O2. The van der Waals surface area contributed by atoms with E-state index in [-0.39, 0.29) is 6.10 Å². The van der Waals surface area contributed by atoms with Gasteiger partial charge in [0.1, 0.15) is 5.75 Å². The molecule has 0 unspecified atom stereocenters. The quantitative estimate of drug-likeness (QED) is 0.479. The Bertz CT molecular complexity index is 883. The molecule has 0 bridgehead atoms. The summed E-state index contributed by atoms with van der Waals surface area (Å²) in [5, 5.41) is 4.06. The number of benzene rings is 2. The van der Waals surface area contributed by atoms with Crippen molar-refractivity contribution in [2.45, 2.75) is 26.9 Å². The van der Waals surface area contributed by atoms with E-state index >= 15 is 0 Å². The molecule has 1 heterocycles. The zero-order valence-corrected chi connectivity index (χ0v) is 16.5. The first-order valence-electron chi connectivity index (χ1n) is 8.06. The van der Waals surface area contributed by atoms with Crippen molar-refractivity contribution in [3.8, 4) is 17.1 Å². The van der Waals surface area contributed by atoms with Crippen LogP contribution in [0.15, 0.2) is 47.0 Å². The molecule has 0 aliphatic heterocycles. The Balaban J connectivity index is 1.77. The predicted molar refractivity (Wildman–Crippen MR) is 108 cm³/mol. The van der Waals surface area contributed by atoms with E-state index in [2.05, 4.69) is 63.9 Å². The summed E-state index contributed by atoms with van der Waals surface area (Å²) >= 11 is 2.25. The van der Waals surface area contributed by atoms with Crippen LogP contribution in [0, 0.1) is 10.5 Å². The maximum Gasteiger partial charge on any atom is 0.250 e. The van der Waals surface area contributed by atoms with E-state index in [0.29, 0.717) is 11.7 Å². The standard InChI is InChI=1S/C20H19IN2O2/c1-13(2)24-18-10-9-16(12-17(18)21)20-22-19(25-23-20)11-8-15-6-4-14(3)5-7-15/h4-13H,1-3H3/b11-8+. The smallest absolute Gasteiger partial charge is 0.250 e. The van der Waals surface area contributed by atoms with E-state index in [1.807, 2.05) is 44.2 Å². The molecule has 3 aromatic rings. The summed E-state index contributed by atoms with van der Waals surface area (Å²) in [6.45, 7) is 6.09. The van der Waals surface area contributed by atoms with E-state index in [1.165, 1.54) is 5.56 Å². The van der Waals surface area contributed by atoms with Gasteiger partial charge in [0, 0.05) is 11.6 Å². The van der Waals surface area contributed by atoms with Crippen molar-refractivity contribution in [2.75, 3.05) is 0 Å². The number of hydrogen-bond acceptors (Lipinski definition) is 4. The van der Waals surface area contributed by atoms with Gasteiger partial charge in [0.15, 0.2) is 0 Å². The fourth-order valence-corrected chi connectivity index (χ4v) is 2.90. The molecule has 0 amide bonds. The number of aryl methyl sites for hydroxylation is 1. The lowest BCUT2D eigenvalue weighted by molar-refractivity contribution is 0.240. The summed E-state index contributed by atoms with van der Waals surface area (Å²) in [4.78, 5) is 4.44. The number of hydrogen-bond donors (Lipinski definition) is 0. The second-order valence-corrected chi connectivity index (χ2v) is 7.17. The van der Waals surface area contributed by atoms with Crippen molar-refractivity contribution in [2.24, 2.45) is 0 Å². The van der Waals surface area contributed by atoms with Crippen LogP contribution < -0.4 is 4.74 Å². The lowest BCUT2D eigenvalue weighted by atomic mass is 10.1. The molecule has 0 radical (unpaired) electrons. The second-order valence-electron chi connectivity index (χ2n) is 6.01. The highest BCUT2D eigenvalue weighted by molar-refractivity contribution is 14.1. The first-order valence-corrected chi connectivity index (χ1v) is 9.14. The van der Waals surface area contributed by atoms with Crippen LogP contribution in [0.3, 0.4) is 0 Å². The second kappa shape index (κ2) is 7.82. The molecule has 4 nitrogen and oxygen atoms in total. The number of ether oxygens (including phenoxy) is 1. The maximum absolute atomic E-state index is 5.75. The van der Waals surface area contributed by atoms with Crippen molar-refractivity contribution < 1.29 is 9.26 Å². The van der Waals surface area contributed by atoms with Gasteiger partial charge in [-0.1, -0.05) is 35.0 Å². The molecule has 0 saturated carbocycles. The minimum Gasteiger partial charge on any atom is -0.490 e. The molecule has 5 heteroatoms. The zero-order chi connectivity index (χ0) is 17.8. The molecule has 25 heavy (non-hydrogen) atoms. The third-order valence-corrected chi connectivity index (χ3v) is 4.33. The average Bonchev–Trinajstić information content (AvgIpc) is 3.05. The molecule has 3 rings (SSSR count). The number of halogens is 1.